The van der Waals surface area contributed by atoms with E-state index in [9.17, 15) is 9.59 Å². The molecule has 0 unspecified atom stereocenters. The minimum atomic E-state index is -0.600. The Morgan fingerprint density at radius 1 is 1.15 bits per heavy atom. The van der Waals surface area contributed by atoms with Crippen molar-refractivity contribution in [2.75, 3.05) is 13.7 Å². The lowest BCUT2D eigenvalue weighted by atomic mass is 10.1. The molecule has 5 nitrogen and oxygen atoms in total. The molecule has 0 heterocycles. The number of nitrogens with one attached hydrogen (secondary N) is 1. The Bertz CT molecular complexity index is 780. The highest BCUT2D eigenvalue weighted by atomic mass is 79.9. The normalized spacial score (nSPS) is 11.6. The Hall–Kier alpha value is -2.34. The molecule has 0 aliphatic rings. The van der Waals surface area contributed by atoms with Crippen LogP contribution < -0.4 is 10.1 Å². The number of halogens is 1. The van der Waals surface area contributed by atoms with Crippen molar-refractivity contribution in [2.24, 2.45) is 0 Å². The van der Waals surface area contributed by atoms with E-state index in [1.54, 1.807) is 14.0 Å². The number of carbonyl (C=O) groups excluding carboxylic acids is 2. The Balaban J connectivity index is 2.12. The zero-order valence-electron chi connectivity index (χ0n) is 15.9. The van der Waals surface area contributed by atoms with Crippen molar-refractivity contribution in [2.45, 2.75) is 32.9 Å². The third kappa shape index (κ3) is 5.82. The number of nitrogens with zero attached hydrogens (tertiary/aromatic N) is 1. The number of aryl methyl sites for hydroxylation is 1. The van der Waals surface area contributed by atoms with E-state index < -0.39 is 6.04 Å². The molecule has 27 heavy (non-hydrogen) atoms. The van der Waals surface area contributed by atoms with Crippen LogP contribution in [0.15, 0.2) is 53.0 Å². The second kappa shape index (κ2) is 10.1. The minimum absolute atomic E-state index is 0.141. The monoisotopic (exact) mass is 432 g/mol. The van der Waals surface area contributed by atoms with Crippen molar-refractivity contribution in [1.29, 1.82) is 0 Å². The third-order valence-electron chi connectivity index (χ3n) is 4.37. The summed E-state index contributed by atoms with van der Waals surface area (Å²) in [6, 6.07) is 14.8. The molecule has 1 N–H and O–H groups in total. The van der Waals surface area contributed by atoms with Crippen LogP contribution in [-0.2, 0) is 22.6 Å². The number of benzene rings is 2. The molecule has 0 bridgehead atoms. The molecule has 6 heteroatoms. The molecule has 2 aromatic rings. The Kier molecular flexibility index (Phi) is 7.85. The molecule has 2 aromatic carbocycles. The fourth-order valence-corrected chi connectivity index (χ4v) is 3.22. The molecular weight excluding hydrogens is 408 g/mol. The summed E-state index contributed by atoms with van der Waals surface area (Å²) in [5.74, 6) is 0.141. The second-order valence-electron chi connectivity index (χ2n) is 6.20. The molecule has 1 atom stereocenters. The van der Waals surface area contributed by atoms with Gasteiger partial charge in [0.25, 0.3) is 5.91 Å². The molecule has 2 amide bonds. The summed E-state index contributed by atoms with van der Waals surface area (Å²) in [4.78, 5) is 26.4. The molecule has 0 fully saturated rings. The Morgan fingerprint density at radius 2 is 1.85 bits per heavy atom. The van der Waals surface area contributed by atoms with Crippen LogP contribution >= 0.6 is 15.9 Å². The topological polar surface area (TPSA) is 58.6 Å². The van der Waals surface area contributed by atoms with Crippen LogP contribution in [0.4, 0.5) is 0 Å². The van der Waals surface area contributed by atoms with E-state index in [2.05, 4.69) is 28.2 Å². The van der Waals surface area contributed by atoms with Gasteiger partial charge in [-0.2, -0.15) is 0 Å². The van der Waals surface area contributed by atoms with Crippen molar-refractivity contribution >= 4 is 27.7 Å². The van der Waals surface area contributed by atoms with Gasteiger partial charge in [-0.3, -0.25) is 9.59 Å². The molecule has 0 saturated carbocycles. The summed E-state index contributed by atoms with van der Waals surface area (Å²) >= 11 is 3.48. The summed E-state index contributed by atoms with van der Waals surface area (Å²) in [5, 5.41) is 2.60. The minimum Gasteiger partial charge on any atom is -0.483 e. The first-order chi connectivity index (χ1) is 13.0. The lowest BCUT2D eigenvalue weighted by Gasteiger charge is -2.28. The standard InChI is InChI=1S/C21H25BrN2O3/c1-4-16-10-11-19(18(22)12-16)27-14-20(25)24(15(2)21(26)23-3)13-17-8-6-5-7-9-17/h5-12,15H,4,13-14H2,1-3H3,(H,23,26)/t15-/m1/s1. The van der Waals surface area contributed by atoms with Crippen molar-refractivity contribution in [3.63, 3.8) is 0 Å². The first-order valence-corrected chi connectivity index (χ1v) is 9.71. The lowest BCUT2D eigenvalue weighted by Crippen LogP contribution is -2.48. The van der Waals surface area contributed by atoms with Gasteiger partial charge in [0, 0.05) is 13.6 Å². The van der Waals surface area contributed by atoms with Crippen molar-refractivity contribution in [1.82, 2.24) is 10.2 Å². The number of hydrogen-bond donors (Lipinski definition) is 1. The Morgan fingerprint density at radius 3 is 2.44 bits per heavy atom. The van der Waals surface area contributed by atoms with Gasteiger partial charge in [0.1, 0.15) is 11.8 Å². The van der Waals surface area contributed by atoms with Gasteiger partial charge in [0.15, 0.2) is 6.61 Å². The van der Waals surface area contributed by atoms with Crippen LogP contribution in [0.3, 0.4) is 0 Å². The SMILES string of the molecule is CCc1ccc(OCC(=O)N(Cc2ccccc2)[C@H](C)C(=O)NC)c(Br)c1. The third-order valence-corrected chi connectivity index (χ3v) is 4.98. The molecule has 0 aliphatic carbocycles. The van der Waals surface area contributed by atoms with Gasteiger partial charge >= 0.3 is 0 Å². The average Bonchev–Trinajstić information content (AvgIpc) is 2.70. The first kappa shape index (κ1) is 21.0. The summed E-state index contributed by atoms with van der Waals surface area (Å²) in [6.45, 7) is 3.99. The van der Waals surface area contributed by atoms with E-state index >= 15 is 0 Å². The predicted octanol–water partition coefficient (Wildman–Crippen LogP) is 3.55. The number of ether oxygens (including phenoxy) is 1. The van der Waals surface area contributed by atoms with Crippen LogP contribution in [0, 0.1) is 0 Å². The summed E-state index contributed by atoms with van der Waals surface area (Å²) in [6.07, 6.45) is 0.923. The number of amides is 2. The largest absolute Gasteiger partial charge is 0.483 e. The van der Waals surface area contributed by atoms with Crippen molar-refractivity contribution < 1.29 is 14.3 Å². The van der Waals surface area contributed by atoms with Gasteiger partial charge in [-0.25, -0.2) is 0 Å². The fourth-order valence-electron chi connectivity index (χ4n) is 2.68. The van der Waals surface area contributed by atoms with Crippen LogP contribution in [-0.4, -0.2) is 36.4 Å². The van der Waals surface area contributed by atoms with Crippen molar-refractivity contribution in [3.05, 3.63) is 64.1 Å². The quantitative estimate of drug-likeness (QED) is 0.693. The molecule has 0 radical (unpaired) electrons. The van der Waals surface area contributed by atoms with E-state index in [-0.39, 0.29) is 18.4 Å². The van der Waals surface area contributed by atoms with Crippen LogP contribution in [0.5, 0.6) is 5.75 Å². The van der Waals surface area contributed by atoms with E-state index in [0.717, 1.165) is 16.5 Å². The van der Waals surface area contributed by atoms with E-state index in [0.29, 0.717) is 12.3 Å². The van der Waals surface area contributed by atoms with Gasteiger partial charge in [0.2, 0.25) is 5.91 Å². The van der Waals surface area contributed by atoms with Crippen LogP contribution in [0.1, 0.15) is 25.0 Å². The molecule has 144 valence electrons. The van der Waals surface area contributed by atoms with Crippen LogP contribution in [0.2, 0.25) is 0 Å². The zero-order chi connectivity index (χ0) is 19.8. The lowest BCUT2D eigenvalue weighted by molar-refractivity contribution is -0.142. The smallest absolute Gasteiger partial charge is 0.261 e. The van der Waals surface area contributed by atoms with Gasteiger partial charge in [-0.1, -0.05) is 43.3 Å². The fraction of sp³-hybridized carbons (Fsp3) is 0.333. The second-order valence-corrected chi connectivity index (χ2v) is 7.06. The molecule has 0 spiro atoms. The number of likely N-dealkylation sites (N-methyl/N-ethyl adjacent to an activating group) is 1. The average molecular weight is 433 g/mol. The number of rotatable bonds is 8. The molecule has 2 rings (SSSR count). The summed E-state index contributed by atoms with van der Waals surface area (Å²) in [5.41, 5.74) is 2.13. The van der Waals surface area contributed by atoms with Crippen molar-refractivity contribution in [3.8, 4) is 5.75 Å². The highest BCUT2D eigenvalue weighted by Gasteiger charge is 2.25. The predicted molar refractivity (Wildman–Crippen MR) is 110 cm³/mol. The van der Waals surface area contributed by atoms with Gasteiger partial charge in [0.05, 0.1) is 4.47 Å². The van der Waals surface area contributed by atoms with Gasteiger partial charge in [-0.15, -0.1) is 0 Å². The summed E-state index contributed by atoms with van der Waals surface area (Å²) < 4.78 is 6.52. The Labute approximate surface area is 168 Å². The van der Waals surface area contributed by atoms with Gasteiger partial charge < -0.3 is 15.0 Å². The maximum absolute atomic E-state index is 12.8. The van der Waals surface area contributed by atoms with E-state index in [1.165, 1.54) is 10.5 Å². The maximum Gasteiger partial charge on any atom is 0.261 e. The van der Waals surface area contributed by atoms with E-state index in [1.807, 2.05) is 48.5 Å². The summed E-state index contributed by atoms with van der Waals surface area (Å²) in [7, 11) is 1.56. The highest BCUT2D eigenvalue weighted by molar-refractivity contribution is 9.10. The molecule has 0 aliphatic heterocycles. The molecular formula is C21H25BrN2O3. The number of hydrogen-bond acceptors (Lipinski definition) is 3. The van der Waals surface area contributed by atoms with E-state index in [4.69, 9.17) is 4.74 Å². The zero-order valence-corrected chi connectivity index (χ0v) is 17.5. The maximum atomic E-state index is 12.8. The first-order valence-electron chi connectivity index (χ1n) is 8.92. The molecule has 0 aromatic heterocycles. The highest BCUT2D eigenvalue weighted by Crippen LogP contribution is 2.26. The van der Waals surface area contributed by atoms with Gasteiger partial charge in [-0.05, 0) is 52.5 Å². The molecule has 0 saturated heterocycles. The number of carbonyl (C=O) groups is 2. The van der Waals surface area contributed by atoms with Crippen LogP contribution in [0.25, 0.3) is 0 Å².